The summed E-state index contributed by atoms with van der Waals surface area (Å²) in [5.74, 6) is 5.37. The van der Waals surface area contributed by atoms with Crippen LogP contribution in [0.3, 0.4) is 0 Å². The van der Waals surface area contributed by atoms with Crippen molar-refractivity contribution in [2.45, 2.75) is 44.8 Å². The van der Waals surface area contributed by atoms with Gasteiger partial charge in [0.1, 0.15) is 5.82 Å². The number of benzene rings is 1. The summed E-state index contributed by atoms with van der Waals surface area (Å²) >= 11 is 0. The summed E-state index contributed by atoms with van der Waals surface area (Å²) in [7, 11) is 0. The maximum absolute atomic E-state index is 13.4. The topological polar surface area (TPSA) is 47.3 Å². The molecule has 1 aromatic carbocycles. The zero-order valence-corrected chi connectivity index (χ0v) is 10.8. The van der Waals surface area contributed by atoms with Crippen molar-refractivity contribution in [2.24, 2.45) is 5.84 Å². The van der Waals surface area contributed by atoms with Gasteiger partial charge in [-0.25, -0.2) is 4.39 Å². The molecule has 4 heteroatoms. The van der Waals surface area contributed by atoms with E-state index >= 15 is 0 Å². The summed E-state index contributed by atoms with van der Waals surface area (Å²) in [5.41, 5.74) is 4.60. The van der Waals surface area contributed by atoms with Crippen LogP contribution in [-0.4, -0.2) is 12.7 Å². The fraction of sp³-hybridized carbons (Fsp3) is 0.571. The van der Waals surface area contributed by atoms with Crippen molar-refractivity contribution in [2.75, 3.05) is 6.61 Å². The number of ether oxygens (including phenoxy) is 1. The highest BCUT2D eigenvalue weighted by molar-refractivity contribution is 5.26. The van der Waals surface area contributed by atoms with Gasteiger partial charge in [0.2, 0.25) is 0 Å². The van der Waals surface area contributed by atoms with Crippen LogP contribution in [0.4, 0.5) is 4.39 Å². The maximum atomic E-state index is 13.4. The van der Waals surface area contributed by atoms with Crippen LogP contribution < -0.4 is 11.3 Å². The van der Waals surface area contributed by atoms with Gasteiger partial charge in [-0.3, -0.25) is 11.3 Å². The average Bonchev–Trinajstić information content (AvgIpc) is 2.81. The molecule has 0 amide bonds. The highest BCUT2D eigenvalue weighted by Crippen LogP contribution is 2.24. The molecule has 2 unspecified atom stereocenters. The van der Waals surface area contributed by atoms with Crippen molar-refractivity contribution < 1.29 is 9.13 Å². The number of rotatable bonds is 5. The Hall–Kier alpha value is -0.970. The first-order valence-electron chi connectivity index (χ1n) is 6.54. The summed E-state index contributed by atoms with van der Waals surface area (Å²) in [6.45, 7) is 2.75. The van der Waals surface area contributed by atoms with E-state index in [1.807, 2.05) is 13.0 Å². The van der Waals surface area contributed by atoms with E-state index in [0.717, 1.165) is 43.4 Å². The molecule has 1 aromatic rings. The minimum Gasteiger partial charge on any atom is -0.378 e. The molecule has 3 N–H and O–H groups in total. The first kappa shape index (κ1) is 13.5. The van der Waals surface area contributed by atoms with E-state index < -0.39 is 0 Å². The van der Waals surface area contributed by atoms with Crippen LogP contribution in [0.15, 0.2) is 18.2 Å². The lowest BCUT2D eigenvalue weighted by Gasteiger charge is -2.19. The van der Waals surface area contributed by atoms with Crippen molar-refractivity contribution in [1.82, 2.24) is 5.43 Å². The lowest BCUT2D eigenvalue weighted by Crippen LogP contribution is -2.29. The summed E-state index contributed by atoms with van der Waals surface area (Å²) in [6.07, 6.45) is 4.44. The zero-order chi connectivity index (χ0) is 13.0. The minimum atomic E-state index is -0.206. The number of hydrogen-bond donors (Lipinski definition) is 2. The quantitative estimate of drug-likeness (QED) is 0.625. The van der Waals surface area contributed by atoms with E-state index in [2.05, 4.69) is 5.43 Å². The predicted octanol–water partition coefficient (Wildman–Crippen LogP) is 2.60. The molecule has 0 aliphatic carbocycles. The van der Waals surface area contributed by atoms with E-state index in [0.29, 0.717) is 6.10 Å². The molecule has 18 heavy (non-hydrogen) atoms. The van der Waals surface area contributed by atoms with Gasteiger partial charge in [-0.2, -0.15) is 0 Å². The summed E-state index contributed by atoms with van der Waals surface area (Å²) in [5, 5.41) is 0. The fourth-order valence-electron chi connectivity index (χ4n) is 2.54. The third-order valence-electron chi connectivity index (χ3n) is 3.47. The van der Waals surface area contributed by atoms with Crippen molar-refractivity contribution in [3.63, 3.8) is 0 Å². The monoisotopic (exact) mass is 252 g/mol. The number of aryl methyl sites for hydroxylation is 1. The number of hydrogen-bond acceptors (Lipinski definition) is 3. The van der Waals surface area contributed by atoms with Crippen LogP contribution in [0, 0.1) is 12.7 Å². The van der Waals surface area contributed by atoms with Gasteiger partial charge in [0.15, 0.2) is 0 Å². The van der Waals surface area contributed by atoms with Gasteiger partial charge < -0.3 is 4.74 Å². The number of nitrogens with two attached hydrogens (primary N) is 1. The molecule has 1 aliphatic rings. The Kier molecular flexibility index (Phi) is 4.69. The Labute approximate surface area is 107 Å². The zero-order valence-electron chi connectivity index (χ0n) is 10.8. The summed E-state index contributed by atoms with van der Waals surface area (Å²) in [6, 6.07) is 5.04. The van der Waals surface area contributed by atoms with Crippen molar-refractivity contribution >= 4 is 0 Å². The second-order valence-corrected chi connectivity index (χ2v) is 4.99. The molecule has 2 rings (SSSR count). The Balaban J connectivity index is 1.98. The second-order valence-electron chi connectivity index (χ2n) is 4.99. The van der Waals surface area contributed by atoms with Crippen LogP contribution >= 0.6 is 0 Å². The molecule has 1 heterocycles. The molecule has 0 aromatic heterocycles. The lowest BCUT2D eigenvalue weighted by atomic mass is 9.98. The molecule has 0 spiro atoms. The van der Waals surface area contributed by atoms with Crippen LogP contribution in [0.5, 0.6) is 0 Å². The van der Waals surface area contributed by atoms with Crippen LogP contribution in [0.1, 0.15) is 42.9 Å². The smallest absolute Gasteiger partial charge is 0.123 e. The molecule has 0 radical (unpaired) electrons. The van der Waals surface area contributed by atoms with Crippen LogP contribution in [0.2, 0.25) is 0 Å². The average molecular weight is 252 g/mol. The Morgan fingerprint density at radius 3 is 2.94 bits per heavy atom. The first-order chi connectivity index (χ1) is 8.69. The second kappa shape index (κ2) is 6.27. The maximum Gasteiger partial charge on any atom is 0.123 e. The molecule has 2 atom stereocenters. The minimum absolute atomic E-state index is 0.0106. The van der Waals surface area contributed by atoms with Gasteiger partial charge in [-0.1, -0.05) is 6.07 Å². The normalized spacial score (nSPS) is 21.2. The highest BCUT2D eigenvalue weighted by Gasteiger charge is 2.18. The van der Waals surface area contributed by atoms with E-state index in [1.165, 1.54) is 6.07 Å². The largest absolute Gasteiger partial charge is 0.378 e. The van der Waals surface area contributed by atoms with Crippen molar-refractivity contribution in [3.05, 3.63) is 35.1 Å². The fourth-order valence-corrected chi connectivity index (χ4v) is 2.54. The number of nitrogens with one attached hydrogen (secondary N) is 1. The molecule has 0 saturated carbocycles. The van der Waals surface area contributed by atoms with Gasteiger partial charge in [-0.15, -0.1) is 0 Å². The summed E-state index contributed by atoms with van der Waals surface area (Å²) < 4.78 is 19.0. The lowest BCUT2D eigenvalue weighted by molar-refractivity contribution is 0.0996. The number of halogens is 1. The molecule has 1 saturated heterocycles. The van der Waals surface area contributed by atoms with E-state index in [4.69, 9.17) is 10.6 Å². The third-order valence-corrected chi connectivity index (χ3v) is 3.47. The van der Waals surface area contributed by atoms with Crippen molar-refractivity contribution in [3.8, 4) is 0 Å². The third kappa shape index (κ3) is 3.51. The van der Waals surface area contributed by atoms with Crippen LogP contribution in [-0.2, 0) is 4.74 Å². The van der Waals surface area contributed by atoms with Gasteiger partial charge in [0.25, 0.3) is 0 Å². The SMILES string of the molecule is Cc1cc(F)cc(C(CCC2CCCO2)NN)c1. The molecule has 3 nitrogen and oxygen atoms in total. The molecule has 1 aliphatic heterocycles. The molecule has 0 bridgehead atoms. The highest BCUT2D eigenvalue weighted by atomic mass is 19.1. The predicted molar refractivity (Wildman–Crippen MR) is 69.4 cm³/mol. The van der Waals surface area contributed by atoms with Gasteiger partial charge in [-0.05, 0) is 55.9 Å². The molecular weight excluding hydrogens is 231 g/mol. The Morgan fingerprint density at radius 2 is 2.33 bits per heavy atom. The standard InChI is InChI=1S/C14H21FN2O/c1-10-7-11(9-12(15)8-10)14(17-16)5-4-13-3-2-6-18-13/h7-9,13-14,17H,2-6,16H2,1H3. The number of hydrazine groups is 1. The molecule has 1 fully saturated rings. The van der Waals surface area contributed by atoms with Crippen molar-refractivity contribution in [1.29, 1.82) is 0 Å². The van der Waals surface area contributed by atoms with E-state index in [1.54, 1.807) is 6.07 Å². The van der Waals surface area contributed by atoms with Crippen LogP contribution in [0.25, 0.3) is 0 Å². The van der Waals surface area contributed by atoms with Gasteiger partial charge in [0, 0.05) is 12.6 Å². The first-order valence-corrected chi connectivity index (χ1v) is 6.54. The van der Waals surface area contributed by atoms with Gasteiger partial charge in [0.05, 0.1) is 6.10 Å². The van der Waals surface area contributed by atoms with Gasteiger partial charge >= 0.3 is 0 Å². The molecule has 100 valence electrons. The Morgan fingerprint density at radius 1 is 1.50 bits per heavy atom. The Bertz CT molecular complexity index is 371. The summed E-state index contributed by atoms with van der Waals surface area (Å²) in [4.78, 5) is 0. The van der Waals surface area contributed by atoms with E-state index in [-0.39, 0.29) is 11.9 Å². The van der Waals surface area contributed by atoms with E-state index in [9.17, 15) is 4.39 Å². The molecular formula is C14H21FN2O.